The van der Waals surface area contributed by atoms with Gasteiger partial charge in [0.25, 0.3) is 0 Å². The molecule has 23 heavy (non-hydrogen) atoms. The summed E-state index contributed by atoms with van der Waals surface area (Å²) in [6.07, 6.45) is 0.732. The first-order chi connectivity index (χ1) is 11.2. The molecule has 0 spiro atoms. The van der Waals surface area contributed by atoms with Crippen molar-refractivity contribution in [2.24, 2.45) is 0 Å². The molecule has 1 heterocycles. The molecule has 120 valence electrons. The molecule has 0 aromatic heterocycles. The number of hydrogen-bond donors (Lipinski definition) is 1. The lowest BCUT2D eigenvalue weighted by atomic mass is 9.92. The van der Waals surface area contributed by atoms with Crippen molar-refractivity contribution >= 4 is 27.9 Å². The van der Waals surface area contributed by atoms with Crippen molar-refractivity contribution < 1.29 is 14.6 Å². The number of aliphatic hydroxyl groups excluding tert-OH is 1. The van der Waals surface area contributed by atoms with Gasteiger partial charge in [-0.05, 0) is 33.6 Å². The Kier molecular flexibility index (Phi) is 4.68. The van der Waals surface area contributed by atoms with E-state index in [2.05, 4.69) is 15.9 Å². The maximum absolute atomic E-state index is 11.7. The topological polar surface area (TPSA) is 49.8 Å². The lowest BCUT2D eigenvalue weighted by molar-refractivity contribution is -0.109. The largest absolute Gasteiger partial charge is 0.495 e. The quantitative estimate of drug-likeness (QED) is 0.832. The molecule has 3 atom stereocenters. The number of aldehydes is 1. The number of methoxy groups -OCH3 is 1. The monoisotopic (exact) mass is 375 g/mol. The Bertz CT molecular complexity index is 692. The first kappa shape index (κ1) is 16.0. The van der Waals surface area contributed by atoms with Gasteiger partial charge in [-0.3, -0.25) is 0 Å². The minimum atomic E-state index is -0.707. The molecule has 1 aliphatic heterocycles. The van der Waals surface area contributed by atoms with Gasteiger partial charge in [0.15, 0.2) is 0 Å². The highest BCUT2D eigenvalue weighted by atomic mass is 79.9. The van der Waals surface area contributed by atoms with Crippen LogP contribution in [0.4, 0.5) is 5.69 Å². The summed E-state index contributed by atoms with van der Waals surface area (Å²) in [5.41, 5.74) is 1.84. The number of halogens is 1. The van der Waals surface area contributed by atoms with Gasteiger partial charge in [-0.1, -0.05) is 30.3 Å². The van der Waals surface area contributed by atoms with Gasteiger partial charge in [-0.25, -0.2) is 0 Å². The Labute approximate surface area is 143 Å². The van der Waals surface area contributed by atoms with E-state index in [1.165, 1.54) is 0 Å². The van der Waals surface area contributed by atoms with Crippen molar-refractivity contribution in [2.45, 2.75) is 24.6 Å². The van der Waals surface area contributed by atoms with E-state index in [4.69, 9.17) is 4.74 Å². The van der Waals surface area contributed by atoms with Crippen LogP contribution in [-0.2, 0) is 4.79 Å². The highest BCUT2D eigenvalue weighted by molar-refractivity contribution is 9.10. The molecule has 1 N–H and O–H groups in total. The third kappa shape index (κ3) is 2.99. The molecule has 2 aromatic rings. The van der Waals surface area contributed by atoms with Crippen molar-refractivity contribution in [1.82, 2.24) is 0 Å². The van der Waals surface area contributed by atoms with Gasteiger partial charge in [-0.15, -0.1) is 0 Å². The molecule has 5 heteroatoms. The zero-order chi connectivity index (χ0) is 16.4. The van der Waals surface area contributed by atoms with Crippen LogP contribution in [0.5, 0.6) is 5.75 Å². The van der Waals surface area contributed by atoms with Crippen LogP contribution in [0.3, 0.4) is 0 Å². The maximum Gasteiger partial charge on any atom is 0.143 e. The highest BCUT2D eigenvalue weighted by Gasteiger charge is 2.41. The molecule has 1 saturated heterocycles. The molecule has 2 aromatic carbocycles. The zero-order valence-electron chi connectivity index (χ0n) is 12.7. The number of carbonyl (C=O) groups excluding carboxylic acids is 1. The van der Waals surface area contributed by atoms with E-state index < -0.39 is 12.3 Å². The van der Waals surface area contributed by atoms with Crippen LogP contribution in [0, 0.1) is 0 Å². The second-order valence-electron chi connectivity index (χ2n) is 5.59. The van der Waals surface area contributed by atoms with E-state index in [1.54, 1.807) is 12.0 Å². The van der Waals surface area contributed by atoms with Crippen molar-refractivity contribution in [3.8, 4) is 5.75 Å². The lowest BCUT2D eigenvalue weighted by Crippen LogP contribution is -2.38. The van der Waals surface area contributed by atoms with Gasteiger partial charge in [0, 0.05) is 24.1 Å². The van der Waals surface area contributed by atoms with E-state index in [9.17, 15) is 9.90 Å². The summed E-state index contributed by atoms with van der Waals surface area (Å²) in [5, 5.41) is 10.5. The molecule has 0 radical (unpaired) electrons. The average molecular weight is 376 g/mol. The Morgan fingerprint density at radius 1 is 1.26 bits per heavy atom. The summed E-state index contributed by atoms with van der Waals surface area (Å²) in [5.74, 6) is 0.640. The van der Waals surface area contributed by atoms with Crippen LogP contribution in [0.15, 0.2) is 53.0 Å². The second kappa shape index (κ2) is 6.72. The first-order valence-corrected chi connectivity index (χ1v) is 8.25. The SMILES string of the molecule is COc1cc(N2C(O)CC(c3ccccc3)C2C=O)ccc1Br. The zero-order valence-corrected chi connectivity index (χ0v) is 14.3. The van der Waals surface area contributed by atoms with E-state index in [0.29, 0.717) is 12.2 Å². The normalized spacial score (nSPS) is 23.8. The van der Waals surface area contributed by atoms with E-state index in [0.717, 1.165) is 22.0 Å². The molecule has 1 aliphatic rings. The van der Waals surface area contributed by atoms with Crippen LogP contribution < -0.4 is 9.64 Å². The van der Waals surface area contributed by atoms with Crippen molar-refractivity contribution in [1.29, 1.82) is 0 Å². The summed E-state index contributed by atoms with van der Waals surface area (Å²) < 4.78 is 6.15. The standard InChI is InChI=1S/C18H18BrNO3/c1-23-17-9-13(7-8-15(17)19)20-16(11-21)14(10-18(20)22)12-5-3-2-4-6-12/h2-9,11,14,16,18,22H,10H2,1H3. The number of rotatable bonds is 4. The van der Waals surface area contributed by atoms with E-state index in [-0.39, 0.29) is 5.92 Å². The number of carbonyl (C=O) groups is 1. The molecule has 0 saturated carbocycles. The summed E-state index contributed by atoms with van der Waals surface area (Å²) >= 11 is 3.42. The fraction of sp³-hybridized carbons (Fsp3) is 0.278. The smallest absolute Gasteiger partial charge is 0.143 e. The first-order valence-electron chi connectivity index (χ1n) is 7.46. The number of benzene rings is 2. The summed E-state index contributed by atoms with van der Waals surface area (Å²) in [7, 11) is 1.59. The molecule has 4 nitrogen and oxygen atoms in total. The number of nitrogens with zero attached hydrogens (tertiary/aromatic N) is 1. The number of aliphatic hydroxyl groups is 1. The predicted octanol–water partition coefficient (Wildman–Crippen LogP) is 3.34. The lowest BCUT2D eigenvalue weighted by Gasteiger charge is -2.28. The molecule has 0 amide bonds. The third-order valence-corrected chi connectivity index (χ3v) is 4.97. The van der Waals surface area contributed by atoms with Crippen LogP contribution in [0.1, 0.15) is 17.9 Å². The fourth-order valence-electron chi connectivity index (χ4n) is 3.22. The molecular formula is C18H18BrNO3. The minimum Gasteiger partial charge on any atom is -0.495 e. The van der Waals surface area contributed by atoms with E-state index in [1.807, 2.05) is 48.5 Å². The molecule has 3 unspecified atom stereocenters. The Balaban J connectivity index is 1.97. The van der Waals surface area contributed by atoms with Crippen molar-refractivity contribution in [2.75, 3.05) is 12.0 Å². The fourth-order valence-corrected chi connectivity index (χ4v) is 3.63. The van der Waals surface area contributed by atoms with Crippen LogP contribution >= 0.6 is 15.9 Å². The van der Waals surface area contributed by atoms with Gasteiger partial charge in [0.2, 0.25) is 0 Å². The minimum absolute atomic E-state index is 0.0293. The van der Waals surface area contributed by atoms with Gasteiger partial charge in [0.1, 0.15) is 18.3 Å². The van der Waals surface area contributed by atoms with E-state index >= 15 is 0 Å². The maximum atomic E-state index is 11.7. The Morgan fingerprint density at radius 2 is 2.00 bits per heavy atom. The van der Waals surface area contributed by atoms with Crippen LogP contribution in [0.2, 0.25) is 0 Å². The molecule has 0 bridgehead atoms. The van der Waals surface area contributed by atoms with Crippen LogP contribution in [-0.4, -0.2) is 30.8 Å². The van der Waals surface area contributed by atoms with Gasteiger partial charge < -0.3 is 19.5 Å². The van der Waals surface area contributed by atoms with Crippen LogP contribution in [0.25, 0.3) is 0 Å². The Morgan fingerprint density at radius 3 is 2.65 bits per heavy atom. The average Bonchev–Trinajstić information content (AvgIpc) is 2.92. The highest BCUT2D eigenvalue weighted by Crippen LogP contribution is 2.40. The summed E-state index contributed by atoms with van der Waals surface area (Å²) in [6, 6.07) is 15.0. The Hall–Kier alpha value is -1.85. The summed E-state index contributed by atoms with van der Waals surface area (Å²) in [4.78, 5) is 13.5. The molecule has 3 rings (SSSR count). The van der Waals surface area contributed by atoms with Crippen molar-refractivity contribution in [3.63, 3.8) is 0 Å². The molecular weight excluding hydrogens is 358 g/mol. The number of hydrogen-bond acceptors (Lipinski definition) is 4. The number of ether oxygens (including phenoxy) is 1. The van der Waals surface area contributed by atoms with Gasteiger partial charge >= 0.3 is 0 Å². The molecule has 1 fully saturated rings. The molecule has 0 aliphatic carbocycles. The predicted molar refractivity (Wildman–Crippen MR) is 92.8 cm³/mol. The van der Waals surface area contributed by atoms with Crippen molar-refractivity contribution in [3.05, 3.63) is 58.6 Å². The van der Waals surface area contributed by atoms with Gasteiger partial charge in [-0.2, -0.15) is 0 Å². The third-order valence-electron chi connectivity index (χ3n) is 4.32. The summed E-state index contributed by atoms with van der Waals surface area (Å²) in [6.45, 7) is 0. The second-order valence-corrected chi connectivity index (χ2v) is 6.44. The number of anilines is 1. The van der Waals surface area contributed by atoms with Gasteiger partial charge in [0.05, 0.1) is 17.6 Å².